The van der Waals surface area contributed by atoms with Gasteiger partial charge in [-0.2, -0.15) is 5.26 Å². The van der Waals surface area contributed by atoms with Gasteiger partial charge in [0.1, 0.15) is 11.8 Å². The maximum atomic E-state index is 9.12. The lowest BCUT2D eigenvalue weighted by Gasteiger charge is -2.01. The van der Waals surface area contributed by atoms with Crippen molar-refractivity contribution in [3.63, 3.8) is 0 Å². The molecule has 0 radical (unpaired) electrons. The molecular weight excluding hydrogens is 204 g/mol. The summed E-state index contributed by atoms with van der Waals surface area (Å²) in [5, 5.41) is 9.12. The van der Waals surface area contributed by atoms with Gasteiger partial charge in [0.05, 0.1) is 5.52 Å². The second-order valence-electron chi connectivity index (χ2n) is 3.32. The average Bonchev–Trinajstić information content (AvgIpc) is 2.66. The van der Waals surface area contributed by atoms with Crippen molar-refractivity contribution in [3.8, 4) is 6.07 Å². The van der Waals surface area contributed by atoms with Crippen molar-refractivity contribution >= 4 is 17.3 Å². The van der Waals surface area contributed by atoms with Crippen LogP contribution in [0.4, 0.5) is 0 Å². The molecule has 2 aromatic rings. The number of hydrogen-bond acceptors (Lipinski definition) is 2. The van der Waals surface area contributed by atoms with Crippen molar-refractivity contribution in [3.05, 3.63) is 35.7 Å². The SMILES string of the molecule is CCc1cccn2c(C#N)c(SC)cc12. The third kappa shape index (κ3) is 1.51. The Labute approximate surface area is 93.5 Å². The van der Waals surface area contributed by atoms with Crippen LogP contribution in [0, 0.1) is 11.3 Å². The molecule has 0 fully saturated rings. The van der Waals surface area contributed by atoms with Crippen LogP contribution in [-0.2, 0) is 6.42 Å². The van der Waals surface area contributed by atoms with Gasteiger partial charge in [0.2, 0.25) is 0 Å². The highest BCUT2D eigenvalue weighted by molar-refractivity contribution is 7.98. The Bertz CT molecular complexity index is 534. The lowest BCUT2D eigenvalue weighted by molar-refractivity contribution is 1.08. The second-order valence-corrected chi connectivity index (χ2v) is 4.16. The number of thioether (sulfide) groups is 1. The molecule has 2 heterocycles. The Kier molecular flexibility index (Phi) is 2.70. The van der Waals surface area contributed by atoms with Gasteiger partial charge in [-0.25, -0.2) is 0 Å². The fourth-order valence-corrected chi connectivity index (χ4v) is 2.36. The van der Waals surface area contributed by atoms with E-state index in [0.717, 1.165) is 22.5 Å². The van der Waals surface area contributed by atoms with Crippen LogP contribution in [0.15, 0.2) is 29.3 Å². The summed E-state index contributed by atoms with van der Waals surface area (Å²) in [5.41, 5.74) is 3.18. The van der Waals surface area contributed by atoms with Crippen LogP contribution in [0.25, 0.3) is 5.52 Å². The van der Waals surface area contributed by atoms with E-state index < -0.39 is 0 Å². The number of nitrogens with zero attached hydrogens (tertiary/aromatic N) is 2. The summed E-state index contributed by atoms with van der Waals surface area (Å²) in [5.74, 6) is 0. The van der Waals surface area contributed by atoms with Crippen molar-refractivity contribution in [1.82, 2.24) is 4.40 Å². The maximum absolute atomic E-state index is 9.12. The van der Waals surface area contributed by atoms with Crippen molar-refractivity contribution in [2.75, 3.05) is 6.26 Å². The number of rotatable bonds is 2. The molecule has 0 amide bonds. The van der Waals surface area contributed by atoms with E-state index in [9.17, 15) is 0 Å². The van der Waals surface area contributed by atoms with Crippen molar-refractivity contribution in [1.29, 1.82) is 5.26 Å². The van der Waals surface area contributed by atoms with Crippen LogP contribution < -0.4 is 0 Å². The molecule has 76 valence electrons. The van der Waals surface area contributed by atoms with Gasteiger partial charge < -0.3 is 4.40 Å². The van der Waals surface area contributed by atoms with Crippen LogP contribution >= 0.6 is 11.8 Å². The van der Waals surface area contributed by atoms with Gasteiger partial charge >= 0.3 is 0 Å². The van der Waals surface area contributed by atoms with E-state index in [2.05, 4.69) is 25.1 Å². The molecule has 0 unspecified atom stereocenters. The first-order chi connectivity index (χ1) is 7.31. The van der Waals surface area contributed by atoms with E-state index >= 15 is 0 Å². The predicted molar refractivity (Wildman–Crippen MR) is 63.3 cm³/mol. The molecule has 2 aromatic heterocycles. The molecule has 15 heavy (non-hydrogen) atoms. The van der Waals surface area contributed by atoms with Crippen molar-refractivity contribution in [2.45, 2.75) is 18.2 Å². The van der Waals surface area contributed by atoms with E-state index in [4.69, 9.17) is 5.26 Å². The minimum absolute atomic E-state index is 0.743. The average molecular weight is 216 g/mol. The number of pyridine rings is 1. The monoisotopic (exact) mass is 216 g/mol. The smallest absolute Gasteiger partial charge is 0.138 e. The molecule has 2 rings (SSSR count). The largest absolute Gasteiger partial charge is 0.307 e. The summed E-state index contributed by atoms with van der Waals surface area (Å²) < 4.78 is 1.98. The normalized spacial score (nSPS) is 10.5. The third-order valence-corrected chi connectivity index (χ3v) is 3.32. The number of hydrogen-bond donors (Lipinski definition) is 0. The van der Waals surface area contributed by atoms with Gasteiger partial charge in [-0.3, -0.25) is 0 Å². The Balaban J connectivity index is 2.82. The fraction of sp³-hybridized carbons (Fsp3) is 0.250. The zero-order chi connectivity index (χ0) is 10.8. The number of nitriles is 1. The second kappa shape index (κ2) is 4.00. The Morgan fingerprint density at radius 1 is 1.53 bits per heavy atom. The lowest BCUT2D eigenvalue weighted by atomic mass is 10.2. The van der Waals surface area contributed by atoms with Crippen molar-refractivity contribution < 1.29 is 0 Å². The van der Waals surface area contributed by atoms with Crippen LogP contribution in [0.2, 0.25) is 0 Å². The number of aromatic nitrogens is 1. The van der Waals surface area contributed by atoms with Crippen LogP contribution in [0.5, 0.6) is 0 Å². The van der Waals surface area contributed by atoms with E-state index in [1.54, 1.807) is 11.8 Å². The molecule has 0 aliphatic rings. The summed E-state index contributed by atoms with van der Waals surface area (Å²) >= 11 is 1.62. The Morgan fingerprint density at radius 2 is 2.33 bits per heavy atom. The van der Waals surface area contributed by atoms with Gasteiger partial charge in [0.15, 0.2) is 0 Å². The zero-order valence-electron chi connectivity index (χ0n) is 8.82. The van der Waals surface area contributed by atoms with E-state index in [-0.39, 0.29) is 0 Å². The lowest BCUT2D eigenvalue weighted by Crippen LogP contribution is -1.91. The highest BCUT2D eigenvalue weighted by Gasteiger charge is 2.10. The maximum Gasteiger partial charge on any atom is 0.138 e. The molecule has 0 bridgehead atoms. The predicted octanol–water partition coefficient (Wildman–Crippen LogP) is 3.10. The zero-order valence-corrected chi connectivity index (χ0v) is 9.64. The minimum atomic E-state index is 0.743. The quantitative estimate of drug-likeness (QED) is 0.722. The summed E-state index contributed by atoms with van der Waals surface area (Å²) in [7, 11) is 0. The summed E-state index contributed by atoms with van der Waals surface area (Å²) in [6, 6.07) is 8.47. The minimum Gasteiger partial charge on any atom is -0.307 e. The molecule has 0 atom stereocenters. The highest BCUT2D eigenvalue weighted by Crippen LogP contribution is 2.26. The van der Waals surface area contributed by atoms with Crippen LogP contribution in [0.1, 0.15) is 18.2 Å². The number of aryl methyl sites for hydroxylation is 1. The Morgan fingerprint density at radius 3 is 2.93 bits per heavy atom. The molecule has 0 N–H and O–H groups in total. The molecule has 0 saturated heterocycles. The molecule has 0 aliphatic heterocycles. The Hall–Kier alpha value is -1.40. The highest BCUT2D eigenvalue weighted by atomic mass is 32.2. The molecule has 0 aliphatic carbocycles. The summed E-state index contributed by atoms with van der Waals surface area (Å²) in [6.45, 7) is 2.13. The summed E-state index contributed by atoms with van der Waals surface area (Å²) in [6.07, 6.45) is 4.95. The topological polar surface area (TPSA) is 28.2 Å². The molecular formula is C12H12N2S. The van der Waals surface area contributed by atoms with Gasteiger partial charge in [0, 0.05) is 11.1 Å². The first-order valence-electron chi connectivity index (χ1n) is 4.88. The molecule has 3 heteroatoms. The summed E-state index contributed by atoms with van der Waals surface area (Å²) in [4.78, 5) is 1.05. The van der Waals surface area contributed by atoms with Crippen LogP contribution in [0.3, 0.4) is 0 Å². The molecule has 0 spiro atoms. The molecule has 0 saturated carbocycles. The third-order valence-electron chi connectivity index (χ3n) is 2.57. The van der Waals surface area contributed by atoms with E-state index in [1.807, 2.05) is 22.9 Å². The fourth-order valence-electron chi connectivity index (χ4n) is 1.80. The van der Waals surface area contributed by atoms with Crippen LogP contribution in [-0.4, -0.2) is 10.7 Å². The first-order valence-corrected chi connectivity index (χ1v) is 6.11. The standard InChI is InChI=1S/C12H12N2S/c1-3-9-5-4-6-14-10(9)7-12(15-2)11(14)8-13/h4-7H,3H2,1-2H3. The van der Waals surface area contributed by atoms with Gasteiger partial charge in [-0.1, -0.05) is 13.0 Å². The molecule has 0 aromatic carbocycles. The van der Waals surface area contributed by atoms with E-state index in [0.29, 0.717) is 0 Å². The van der Waals surface area contributed by atoms with Crippen molar-refractivity contribution in [2.24, 2.45) is 0 Å². The van der Waals surface area contributed by atoms with Gasteiger partial charge in [-0.05, 0) is 30.4 Å². The van der Waals surface area contributed by atoms with Gasteiger partial charge in [-0.15, -0.1) is 11.8 Å². The first kappa shape index (κ1) is 10.1. The van der Waals surface area contributed by atoms with Gasteiger partial charge in [0.25, 0.3) is 0 Å². The number of fused-ring (bicyclic) bond motifs is 1. The van der Waals surface area contributed by atoms with E-state index in [1.165, 1.54) is 5.56 Å². The molecule has 2 nitrogen and oxygen atoms in total.